The van der Waals surface area contributed by atoms with Crippen LogP contribution in [0.4, 0.5) is 15.8 Å². The van der Waals surface area contributed by atoms with Gasteiger partial charge in [0, 0.05) is 50.5 Å². The van der Waals surface area contributed by atoms with Crippen LogP contribution in [-0.4, -0.2) is 37.4 Å². The third-order valence-corrected chi connectivity index (χ3v) is 4.67. The van der Waals surface area contributed by atoms with Crippen LogP contribution >= 0.6 is 0 Å². The summed E-state index contributed by atoms with van der Waals surface area (Å²) in [6, 6.07) is 11.4. The second-order valence-corrected chi connectivity index (χ2v) is 8.12. The fourth-order valence-electron chi connectivity index (χ4n) is 3.31. The second kappa shape index (κ2) is 10.8. The Morgan fingerprint density at radius 1 is 1.07 bits per heavy atom. The lowest BCUT2D eigenvalue weighted by Gasteiger charge is -2.26. The lowest BCUT2D eigenvalue weighted by atomic mass is 10.1. The Morgan fingerprint density at radius 3 is 2.30 bits per heavy atom. The van der Waals surface area contributed by atoms with Gasteiger partial charge >= 0.3 is 0 Å². The first-order valence-electron chi connectivity index (χ1n) is 10.4. The predicted octanol–water partition coefficient (Wildman–Crippen LogP) is 4.93. The van der Waals surface area contributed by atoms with Crippen LogP contribution in [0, 0.1) is 11.7 Å². The number of halogens is 1. The van der Waals surface area contributed by atoms with Crippen molar-refractivity contribution in [2.24, 2.45) is 5.92 Å². The molecule has 0 saturated heterocycles. The summed E-state index contributed by atoms with van der Waals surface area (Å²) in [5, 5.41) is 2.95. The van der Waals surface area contributed by atoms with Crippen molar-refractivity contribution in [2.45, 2.75) is 40.2 Å². The van der Waals surface area contributed by atoms with Gasteiger partial charge in [0.25, 0.3) is 5.91 Å². The van der Waals surface area contributed by atoms with Crippen LogP contribution in [0.5, 0.6) is 0 Å². The maximum absolute atomic E-state index is 13.3. The number of nitrogens with zero attached hydrogens (tertiary/aromatic N) is 2. The molecule has 2 amide bonds. The molecule has 5 nitrogen and oxygen atoms in total. The molecule has 162 valence electrons. The largest absolute Gasteiger partial charge is 0.377 e. The topological polar surface area (TPSA) is 52.7 Å². The minimum Gasteiger partial charge on any atom is -0.377 e. The van der Waals surface area contributed by atoms with Gasteiger partial charge in [0.2, 0.25) is 5.91 Å². The fourth-order valence-corrected chi connectivity index (χ4v) is 3.31. The maximum Gasteiger partial charge on any atom is 0.254 e. The Hall–Kier alpha value is -2.89. The highest BCUT2D eigenvalue weighted by atomic mass is 19.1. The average Bonchev–Trinajstić information content (AvgIpc) is 2.67. The minimum atomic E-state index is -0.367. The van der Waals surface area contributed by atoms with Crippen molar-refractivity contribution in [3.63, 3.8) is 0 Å². The molecule has 0 atom stereocenters. The van der Waals surface area contributed by atoms with Gasteiger partial charge in [-0.25, -0.2) is 4.39 Å². The van der Waals surface area contributed by atoms with Crippen LogP contribution in [0.25, 0.3) is 0 Å². The van der Waals surface area contributed by atoms with Gasteiger partial charge in [-0.3, -0.25) is 9.59 Å². The summed E-state index contributed by atoms with van der Waals surface area (Å²) in [6.07, 6.45) is 1.25. The second-order valence-electron chi connectivity index (χ2n) is 8.12. The van der Waals surface area contributed by atoms with Crippen LogP contribution in [-0.2, 0) is 11.3 Å². The first-order chi connectivity index (χ1) is 14.2. The third kappa shape index (κ3) is 6.58. The lowest BCUT2D eigenvalue weighted by Crippen LogP contribution is -2.32. The van der Waals surface area contributed by atoms with E-state index < -0.39 is 0 Å². The average molecular weight is 414 g/mol. The Morgan fingerprint density at radius 2 is 1.73 bits per heavy atom. The van der Waals surface area contributed by atoms with Gasteiger partial charge in [-0.15, -0.1) is 0 Å². The molecule has 2 rings (SSSR count). The Balaban J connectivity index is 2.30. The van der Waals surface area contributed by atoms with E-state index in [1.807, 2.05) is 58.0 Å². The van der Waals surface area contributed by atoms with E-state index in [0.29, 0.717) is 30.8 Å². The number of nitrogens with one attached hydrogen (secondary N) is 1. The molecule has 0 aliphatic rings. The van der Waals surface area contributed by atoms with E-state index in [-0.39, 0.29) is 23.5 Å². The van der Waals surface area contributed by atoms with E-state index in [4.69, 9.17) is 0 Å². The summed E-state index contributed by atoms with van der Waals surface area (Å²) in [5.74, 6) is -0.260. The number of hydrogen-bond acceptors (Lipinski definition) is 3. The van der Waals surface area contributed by atoms with E-state index in [9.17, 15) is 14.0 Å². The molecule has 6 heteroatoms. The molecule has 30 heavy (non-hydrogen) atoms. The van der Waals surface area contributed by atoms with Crippen molar-refractivity contribution in [3.05, 3.63) is 59.4 Å². The van der Waals surface area contributed by atoms with Gasteiger partial charge in [-0.2, -0.15) is 0 Å². The number of amides is 2. The molecule has 2 aromatic rings. The van der Waals surface area contributed by atoms with Crippen molar-refractivity contribution in [1.29, 1.82) is 0 Å². The minimum absolute atomic E-state index is 0.0265. The van der Waals surface area contributed by atoms with E-state index in [2.05, 4.69) is 5.32 Å². The zero-order valence-corrected chi connectivity index (χ0v) is 18.5. The number of carbonyl (C=O) groups excluding carboxylic acids is 2. The number of anilines is 2. The van der Waals surface area contributed by atoms with Crippen LogP contribution in [0.1, 0.15) is 49.5 Å². The fraction of sp³-hybridized carbons (Fsp3) is 0.417. The molecule has 1 N–H and O–H groups in total. The van der Waals surface area contributed by atoms with Gasteiger partial charge in [-0.1, -0.05) is 20.8 Å². The van der Waals surface area contributed by atoms with E-state index in [1.165, 1.54) is 24.3 Å². The van der Waals surface area contributed by atoms with Gasteiger partial charge < -0.3 is 15.1 Å². The zero-order valence-electron chi connectivity index (χ0n) is 18.5. The monoisotopic (exact) mass is 413 g/mol. The van der Waals surface area contributed by atoms with E-state index in [0.717, 1.165) is 17.7 Å². The highest BCUT2D eigenvalue weighted by molar-refractivity contribution is 5.94. The van der Waals surface area contributed by atoms with Crippen molar-refractivity contribution in [3.8, 4) is 0 Å². The summed E-state index contributed by atoms with van der Waals surface area (Å²) in [4.78, 5) is 29.0. The molecule has 0 spiro atoms. The van der Waals surface area contributed by atoms with Gasteiger partial charge in [0.15, 0.2) is 0 Å². The first-order valence-corrected chi connectivity index (χ1v) is 10.4. The van der Waals surface area contributed by atoms with Crippen LogP contribution in [0.3, 0.4) is 0 Å². The molecule has 0 fully saturated rings. The third-order valence-electron chi connectivity index (χ3n) is 4.67. The summed E-state index contributed by atoms with van der Waals surface area (Å²) in [7, 11) is 3.89. The van der Waals surface area contributed by atoms with Crippen molar-refractivity contribution < 1.29 is 14.0 Å². The van der Waals surface area contributed by atoms with E-state index >= 15 is 0 Å². The summed E-state index contributed by atoms with van der Waals surface area (Å²) >= 11 is 0. The molecular weight excluding hydrogens is 381 g/mol. The Bertz CT molecular complexity index is 863. The van der Waals surface area contributed by atoms with Crippen LogP contribution in [0.15, 0.2) is 42.5 Å². The molecule has 0 aromatic heterocycles. The molecular formula is C24H32FN3O2. The molecule has 0 radical (unpaired) electrons. The molecule has 0 heterocycles. The first kappa shape index (κ1) is 23.4. The summed E-state index contributed by atoms with van der Waals surface area (Å²) < 4.78 is 13.3. The van der Waals surface area contributed by atoms with Crippen molar-refractivity contribution in [1.82, 2.24) is 4.90 Å². The van der Waals surface area contributed by atoms with Gasteiger partial charge in [-0.05, 0) is 60.4 Å². The number of benzene rings is 2. The van der Waals surface area contributed by atoms with Crippen LogP contribution < -0.4 is 10.2 Å². The van der Waals surface area contributed by atoms with Crippen molar-refractivity contribution in [2.75, 3.05) is 30.9 Å². The van der Waals surface area contributed by atoms with Crippen LogP contribution in [0.2, 0.25) is 0 Å². The van der Waals surface area contributed by atoms with Crippen molar-refractivity contribution >= 4 is 23.2 Å². The quantitative estimate of drug-likeness (QED) is 0.634. The Labute approximate surface area is 178 Å². The number of hydrogen-bond donors (Lipinski definition) is 1. The zero-order chi connectivity index (χ0) is 22.3. The molecule has 0 saturated carbocycles. The molecule has 0 aliphatic carbocycles. The van der Waals surface area contributed by atoms with Gasteiger partial charge in [0.05, 0.1) is 0 Å². The lowest BCUT2D eigenvalue weighted by molar-refractivity contribution is -0.116. The Kier molecular flexibility index (Phi) is 8.39. The molecule has 0 bridgehead atoms. The van der Waals surface area contributed by atoms with E-state index in [1.54, 1.807) is 4.90 Å². The summed E-state index contributed by atoms with van der Waals surface area (Å²) in [5.41, 5.74) is 3.08. The smallest absolute Gasteiger partial charge is 0.254 e. The standard InChI is InChI=1S/C24H32FN3O2/c1-6-13-28(24(30)18-7-9-20(25)10-8-18)16-19-15-21(11-12-22(19)27(4)5)26-23(29)14-17(2)3/h7-12,15,17H,6,13-14,16H2,1-5H3,(H,26,29). The molecule has 0 unspecified atom stereocenters. The molecule has 2 aromatic carbocycles. The summed E-state index contributed by atoms with van der Waals surface area (Å²) in [6.45, 7) is 6.99. The number of rotatable bonds is 9. The highest BCUT2D eigenvalue weighted by Gasteiger charge is 2.18. The molecule has 0 aliphatic heterocycles. The van der Waals surface area contributed by atoms with Gasteiger partial charge in [0.1, 0.15) is 5.82 Å². The normalized spacial score (nSPS) is 10.8. The predicted molar refractivity (Wildman–Crippen MR) is 120 cm³/mol. The highest BCUT2D eigenvalue weighted by Crippen LogP contribution is 2.25. The number of carbonyl (C=O) groups is 2. The SMILES string of the molecule is CCCN(Cc1cc(NC(=O)CC(C)C)ccc1N(C)C)C(=O)c1ccc(F)cc1. The maximum atomic E-state index is 13.3.